The van der Waals surface area contributed by atoms with Crippen LogP contribution in [0, 0.1) is 19.8 Å². The summed E-state index contributed by atoms with van der Waals surface area (Å²) < 4.78 is 11.5. The zero-order chi connectivity index (χ0) is 20.4. The van der Waals surface area contributed by atoms with E-state index in [4.69, 9.17) is 9.26 Å². The fourth-order valence-electron chi connectivity index (χ4n) is 3.81. The molecule has 2 heterocycles. The summed E-state index contributed by atoms with van der Waals surface area (Å²) in [6.07, 6.45) is 3.41. The van der Waals surface area contributed by atoms with Gasteiger partial charge in [-0.05, 0) is 57.7 Å². The quantitative estimate of drug-likeness (QED) is 0.744. The summed E-state index contributed by atoms with van der Waals surface area (Å²) >= 11 is 0. The van der Waals surface area contributed by atoms with Crippen molar-refractivity contribution >= 4 is 11.6 Å². The number of aromatic nitrogens is 1. The van der Waals surface area contributed by atoms with Gasteiger partial charge >= 0.3 is 0 Å². The second-order valence-corrected chi connectivity index (χ2v) is 8.09. The molecule has 0 bridgehead atoms. The maximum Gasteiger partial charge on any atom is 0.227 e. The van der Waals surface area contributed by atoms with Gasteiger partial charge < -0.3 is 19.7 Å². The minimum atomic E-state index is -0.170. The molecule has 7 heteroatoms. The Hall–Kier alpha value is -2.38. The van der Waals surface area contributed by atoms with E-state index in [1.165, 1.54) is 0 Å². The summed E-state index contributed by atoms with van der Waals surface area (Å²) in [5.74, 6) is 1.70. The fourth-order valence-corrected chi connectivity index (χ4v) is 3.81. The zero-order valence-electron chi connectivity index (χ0n) is 17.1. The maximum absolute atomic E-state index is 12.2. The number of carbonyl (C=O) groups excluding carboxylic acids is 1. The van der Waals surface area contributed by atoms with Crippen molar-refractivity contribution in [3.8, 4) is 16.9 Å². The predicted octanol–water partition coefficient (Wildman–Crippen LogP) is 3.14. The number of likely N-dealkylation sites (tertiary alicyclic amines) is 1. The molecule has 156 valence electrons. The molecule has 0 radical (unpaired) electrons. The lowest BCUT2D eigenvalue weighted by Gasteiger charge is -2.29. The van der Waals surface area contributed by atoms with Crippen LogP contribution in [0.3, 0.4) is 0 Å². The minimum Gasteiger partial charge on any atom is -0.492 e. The molecule has 0 atom stereocenters. The molecule has 4 rings (SSSR count). The molecular weight excluding hydrogens is 370 g/mol. The monoisotopic (exact) mass is 399 g/mol. The second kappa shape index (κ2) is 8.55. The fraction of sp³-hybridized carbons (Fsp3) is 0.545. The van der Waals surface area contributed by atoms with E-state index in [-0.39, 0.29) is 17.9 Å². The highest BCUT2D eigenvalue weighted by Gasteiger charge is 2.30. The number of carbonyl (C=O) groups is 1. The lowest BCUT2D eigenvalue weighted by Crippen LogP contribution is -2.38. The Balaban J connectivity index is 1.49. The second-order valence-electron chi connectivity index (χ2n) is 8.09. The number of hydrogen-bond acceptors (Lipinski definition) is 6. The standard InChI is InChI=1S/C22H29N3O4/c1-14-21(15(2)29-24-14)19-13-17(23-22(27)16-3-4-16)5-6-20(19)28-12-11-25-9-7-18(26)8-10-25/h5-6,13,16,18,26H,3-4,7-12H2,1-2H3,(H,23,27). The van der Waals surface area contributed by atoms with E-state index in [1.807, 2.05) is 32.0 Å². The molecule has 0 unspecified atom stereocenters. The van der Waals surface area contributed by atoms with Crippen LogP contribution in [0.25, 0.3) is 11.1 Å². The molecular formula is C22H29N3O4. The van der Waals surface area contributed by atoms with Crippen molar-refractivity contribution in [3.05, 3.63) is 29.7 Å². The Kier molecular flexibility index (Phi) is 5.87. The third kappa shape index (κ3) is 4.79. The number of rotatable bonds is 7. The average molecular weight is 399 g/mol. The highest BCUT2D eigenvalue weighted by atomic mass is 16.5. The molecule has 7 nitrogen and oxygen atoms in total. The average Bonchev–Trinajstić information content (AvgIpc) is 3.50. The Morgan fingerprint density at radius 2 is 2.03 bits per heavy atom. The molecule has 2 N–H and O–H groups in total. The summed E-state index contributed by atoms with van der Waals surface area (Å²) in [4.78, 5) is 14.5. The third-order valence-corrected chi connectivity index (χ3v) is 5.72. The SMILES string of the molecule is Cc1noc(C)c1-c1cc(NC(=O)C2CC2)ccc1OCCN1CCC(O)CC1. The van der Waals surface area contributed by atoms with Crippen LogP contribution in [-0.2, 0) is 4.79 Å². The first-order valence-electron chi connectivity index (χ1n) is 10.4. The Labute approximate surface area is 171 Å². The van der Waals surface area contributed by atoms with Crippen LogP contribution in [-0.4, -0.2) is 53.4 Å². The van der Waals surface area contributed by atoms with Crippen molar-refractivity contribution in [1.29, 1.82) is 0 Å². The Morgan fingerprint density at radius 3 is 2.69 bits per heavy atom. The van der Waals surface area contributed by atoms with Gasteiger partial charge in [-0.15, -0.1) is 0 Å². The largest absolute Gasteiger partial charge is 0.492 e. The van der Waals surface area contributed by atoms with Gasteiger partial charge in [-0.25, -0.2) is 0 Å². The number of amides is 1. The molecule has 2 aromatic rings. The van der Waals surface area contributed by atoms with E-state index in [0.717, 1.165) is 79.3 Å². The molecule has 1 aliphatic heterocycles. The summed E-state index contributed by atoms with van der Waals surface area (Å²) in [6, 6.07) is 5.73. The summed E-state index contributed by atoms with van der Waals surface area (Å²) in [5, 5.41) is 16.7. The van der Waals surface area contributed by atoms with Crippen molar-refractivity contribution in [2.75, 3.05) is 31.6 Å². The number of nitrogens with zero attached hydrogens (tertiary/aromatic N) is 2. The highest BCUT2D eigenvalue weighted by Crippen LogP contribution is 2.37. The van der Waals surface area contributed by atoms with Gasteiger partial charge in [0.1, 0.15) is 18.1 Å². The molecule has 1 saturated heterocycles. The summed E-state index contributed by atoms with van der Waals surface area (Å²) in [6.45, 7) is 6.95. The van der Waals surface area contributed by atoms with Crippen LogP contribution >= 0.6 is 0 Å². The number of aliphatic hydroxyl groups is 1. The van der Waals surface area contributed by atoms with Crippen molar-refractivity contribution in [1.82, 2.24) is 10.1 Å². The topological polar surface area (TPSA) is 87.8 Å². The van der Waals surface area contributed by atoms with E-state index < -0.39 is 0 Å². The Bertz CT molecular complexity index is 847. The number of hydrogen-bond donors (Lipinski definition) is 2. The van der Waals surface area contributed by atoms with Crippen LogP contribution in [0.2, 0.25) is 0 Å². The van der Waals surface area contributed by atoms with Crippen molar-refractivity contribution in [2.24, 2.45) is 5.92 Å². The van der Waals surface area contributed by atoms with Gasteiger partial charge in [0.2, 0.25) is 5.91 Å². The number of ether oxygens (including phenoxy) is 1. The van der Waals surface area contributed by atoms with Crippen LogP contribution in [0.4, 0.5) is 5.69 Å². The van der Waals surface area contributed by atoms with Crippen LogP contribution in [0.5, 0.6) is 5.75 Å². The van der Waals surface area contributed by atoms with Gasteiger partial charge in [-0.2, -0.15) is 0 Å². The number of aliphatic hydroxyl groups excluding tert-OH is 1. The van der Waals surface area contributed by atoms with Gasteiger partial charge in [-0.1, -0.05) is 5.16 Å². The molecule has 2 fully saturated rings. The van der Waals surface area contributed by atoms with E-state index in [1.54, 1.807) is 0 Å². The van der Waals surface area contributed by atoms with Gasteiger partial charge in [0.05, 0.1) is 17.4 Å². The number of aryl methyl sites for hydroxylation is 2. The summed E-state index contributed by atoms with van der Waals surface area (Å²) in [7, 11) is 0. The molecule has 1 aliphatic carbocycles. The van der Waals surface area contributed by atoms with Gasteiger partial charge in [0, 0.05) is 36.8 Å². The van der Waals surface area contributed by atoms with Crippen molar-refractivity contribution < 1.29 is 19.2 Å². The molecule has 2 aliphatic rings. The van der Waals surface area contributed by atoms with Crippen LogP contribution in [0.15, 0.2) is 22.7 Å². The van der Waals surface area contributed by atoms with E-state index >= 15 is 0 Å². The first-order chi connectivity index (χ1) is 14.0. The smallest absolute Gasteiger partial charge is 0.227 e. The number of nitrogens with one attached hydrogen (secondary N) is 1. The molecule has 29 heavy (non-hydrogen) atoms. The van der Waals surface area contributed by atoms with E-state index in [2.05, 4.69) is 15.4 Å². The van der Waals surface area contributed by atoms with Gasteiger partial charge in [0.25, 0.3) is 0 Å². The molecule has 0 spiro atoms. The van der Waals surface area contributed by atoms with Gasteiger partial charge in [-0.3, -0.25) is 9.69 Å². The highest BCUT2D eigenvalue weighted by molar-refractivity contribution is 5.95. The van der Waals surface area contributed by atoms with E-state index in [9.17, 15) is 9.90 Å². The number of piperidine rings is 1. The van der Waals surface area contributed by atoms with Gasteiger partial charge in [0.15, 0.2) is 0 Å². The molecule has 1 saturated carbocycles. The number of anilines is 1. The first kappa shape index (κ1) is 19.9. The number of benzene rings is 1. The molecule has 1 aromatic heterocycles. The lowest BCUT2D eigenvalue weighted by atomic mass is 10.0. The maximum atomic E-state index is 12.2. The van der Waals surface area contributed by atoms with Crippen molar-refractivity contribution in [3.63, 3.8) is 0 Å². The van der Waals surface area contributed by atoms with Crippen LogP contribution < -0.4 is 10.1 Å². The lowest BCUT2D eigenvalue weighted by molar-refractivity contribution is -0.117. The van der Waals surface area contributed by atoms with Crippen LogP contribution in [0.1, 0.15) is 37.1 Å². The predicted molar refractivity (Wildman–Crippen MR) is 110 cm³/mol. The molecule has 1 aromatic carbocycles. The third-order valence-electron chi connectivity index (χ3n) is 5.72. The van der Waals surface area contributed by atoms with E-state index in [0.29, 0.717) is 6.61 Å². The normalized spacial score (nSPS) is 18.0. The Morgan fingerprint density at radius 1 is 1.28 bits per heavy atom. The zero-order valence-corrected chi connectivity index (χ0v) is 17.1. The summed E-state index contributed by atoms with van der Waals surface area (Å²) in [5.41, 5.74) is 3.34. The minimum absolute atomic E-state index is 0.0793. The van der Waals surface area contributed by atoms with Crippen molar-refractivity contribution in [2.45, 2.75) is 45.6 Å². The first-order valence-corrected chi connectivity index (χ1v) is 10.4. The molecule has 1 amide bonds.